The van der Waals surface area contributed by atoms with E-state index >= 15 is 0 Å². The van der Waals surface area contributed by atoms with Crippen LogP contribution in [0.3, 0.4) is 0 Å². The van der Waals surface area contributed by atoms with Crippen LogP contribution in [0, 0.1) is 0 Å². The van der Waals surface area contributed by atoms with Gasteiger partial charge in [0.2, 0.25) is 5.91 Å². The van der Waals surface area contributed by atoms with Gasteiger partial charge in [-0.05, 0) is 24.5 Å². The van der Waals surface area contributed by atoms with E-state index in [1.165, 1.54) is 19.3 Å². The number of carbonyl (C=O) groups excluding carboxylic acids is 1. The van der Waals surface area contributed by atoms with Gasteiger partial charge in [0.25, 0.3) is 0 Å². The van der Waals surface area contributed by atoms with E-state index in [-0.39, 0.29) is 18.6 Å². The van der Waals surface area contributed by atoms with Crippen molar-refractivity contribution in [1.29, 1.82) is 0 Å². The molecule has 19 heavy (non-hydrogen) atoms. The molecule has 0 bridgehead atoms. The van der Waals surface area contributed by atoms with E-state index < -0.39 is 0 Å². The molecule has 2 rings (SSSR count). The van der Waals surface area contributed by atoms with Gasteiger partial charge in [-0.25, -0.2) is 0 Å². The molecular formula is C15H22N2O2. The largest absolute Gasteiger partial charge is 0.368 e. The molecule has 0 spiro atoms. The molecule has 0 aliphatic heterocycles. The second-order valence-electron chi connectivity index (χ2n) is 4.98. The third-order valence-corrected chi connectivity index (χ3v) is 3.51. The first-order valence-corrected chi connectivity index (χ1v) is 6.99. The minimum atomic E-state index is -0.105. The van der Waals surface area contributed by atoms with Crippen LogP contribution in [0.4, 0.5) is 5.69 Å². The number of benzene rings is 1. The van der Waals surface area contributed by atoms with Crippen molar-refractivity contribution in [1.82, 2.24) is 0 Å². The first-order valence-electron chi connectivity index (χ1n) is 6.99. The predicted molar refractivity (Wildman–Crippen MR) is 75.8 cm³/mol. The van der Waals surface area contributed by atoms with Crippen LogP contribution in [0.2, 0.25) is 0 Å². The standard InChI is InChI=1S/C15H22N2O2/c16-10-12-6-4-5-9-14(12)17-15(18)11-19-13-7-2-1-3-8-13/h4-6,9,13H,1-3,7-8,10-11,16H2,(H,17,18). The Morgan fingerprint density at radius 3 is 2.74 bits per heavy atom. The monoisotopic (exact) mass is 262 g/mol. The molecule has 0 aromatic heterocycles. The first kappa shape index (κ1) is 14.0. The highest BCUT2D eigenvalue weighted by molar-refractivity contribution is 5.92. The molecule has 4 nitrogen and oxygen atoms in total. The minimum Gasteiger partial charge on any atom is -0.368 e. The smallest absolute Gasteiger partial charge is 0.250 e. The number of anilines is 1. The second kappa shape index (κ2) is 7.26. The van der Waals surface area contributed by atoms with E-state index in [4.69, 9.17) is 10.5 Å². The molecule has 0 unspecified atom stereocenters. The van der Waals surface area contributed by atoms with E-state index in [9.17, 15) is 4.79 Å². The normalized spacial score (nSPS) is 16.3. The van der Waals surface area contributed by atoms with Crippen molar-refractivity contribution >= 4 is 11.6 Å². The number of carbonyl (C=O) groups is 1. The molecule has 1 fully saturated rings. The molecule has 0 heterocycles. The van der Waals surface area contributed by atoms with E-state index in [1.54, 1.807) is 0 Å². The summed E-state index contributed by atoms with van der Waals surface area (Å²) in [6.07, 6.45) is 6.11. The third kappa shape index (κ3) is 4.33. The summed E-state index contributed by atoms with van der Waals surface area (Å²) in [5.74, 6) is -0.105. The van der Waals surface area contributed by atoms with Crippen LogP contribution in [-0.4, -0.2) is 18.6 Å². The maximum absolute atomic E-state index is 11.8. The molecule has 1 saturated carbocycles. The van der Waals surface area contributed by atoms with Crippen molar-refractivity contribution < 1.29 is 9.53 Å². The van der Waals surface area contributed by atoms with Gasteiger partial charge in [-0.15, -0.1) is 0 Å². The number of amides is 1. The molecule has 1 aliphatic rings. The first-order chi connectivity index (χ1) is 9.29. The maximum Gasteiger partial charge on any atom is 0.250 e. The minimum absolute atomic E-state index is 0.105. The third-order valence-electron chi connectivity index (χ3n) is 3.51. The Hall–Kier alpha value is -1.39. The lowest BCUT2D eigenvalue weighted by Gasteiger charge is -2.21. The van der Waals surface area contributed by atoms with Gasteiger partial charge in [-0.3, -0.25) is 4.79 Å². The molecule has 1 aromatic carbocycles. The summed E-state index contributed by atoms with van der Waals surface area (Å²) < 4.78 is 5.65. The molecule has 1 amide bonds. The Labute approximate surface area is 114 Å². The fraction of sp³-hybridized carbons (Fsp3) is 0.533. The highest BCUT2D eigenvalue weighted by atomic mass is 16.5. The fourth-order valence-corrected chi connectivity index (χ4v) is 2.43. The van der Waals surface area contributed by atoms with Gasteiger partial charge in [-0.1, -0.05) is 37.5 Å². The Balaban J connectivity index is 1.80. The topological polar surface area (TPSA) is 64.3 Å². The molecule has 3 N–H and O–H groups in total. The van der Waals surface area contributed by atoms with Crippen LogP contribution >= 0.6 is 0 Å². The van der Waals surface area contributed by atoms with E-state index in [0.29, 0.717) is 6.54 Å². The van der Waals surface area contributed by atoms with E-state index in [2.05, 4.69) is 5.32 Å². The number of hydrogen-bond acceptors (Lipinski definition) is 3. The van der Waals surface area contributed by atoms with Crippen molar-refractivity contribution in [3.8, 4) is 0 Å². The Kier molecular flexibility index (Phi) is 5.36. The Morgan fingerprint density at radius 1 is 1.26 bits per heavy atom. The summed E-state index contributed by atoms with van der Waals surface area (Å²) in [4.78, 5) is 11.8. The van der Waals surface area contributed by atoms with Gasteiger partial charge >= 0.3 is 0 Å². The molecule has 1 aliphatic carbocycles. The summed E-state index contributed by atoms with van der Waals surface area (Å²) in [6, 6.07) is 7.57. The van der Waals surface area contributed by atoms with Crippen molar-refractivity contribution in [2.45, 2.75) is 44.8 Å². The number of nitrogens with two attached hydrogens (primary N) is 1. The fourth-order valence-electron chi connectivity index (χ4n) is 2.43. The van der Waals surface area contributed by atoms with E-state index in [0.717, 1.165) is 24.1 Å². The van der Waals surface area contributed by atoms with Gasteiger partial charge in [0, 0.05) is 12.2 Å². The number of rotatable bonds is 5. The molecular weight excluding hydrogens is 240 g/mol. The van der Waals surface area contributed by atoms with Gasteiger partial charge in [0.1, 0.15) is 6.61 Å². The lowest BCUT2D eigenvalue weighted by Crippen LogP contribution is -2.25. The zero-order valence-corrected chi connectivity index (χ0v) is 11.2. The average Bonchev–Trinajstić information content (AvgIpc) is 2.47. The van der Waals surface area contributed by atoms with Crippen LogP contribution in [-0.2, 0) is 16.1 Å². The van der Waals surface area contributed by atoms with Crippen molar-refractivity contribution in [2.75, 3.05) is 11.9 Å². The van der Waals surface area contributed by atoms with Gasteiger partial charge in [0.05, 0.1) is 6.10 Å². The number of ether oxygens (including phenoxy) is 1. The van der Waals surface area contributed by atoms with Crippen LogP contribution in [0.25, 0.3) is 0 Å². The van der Waals surface area contributed by atoms with Gasteiger partial charge in [-0.2, -0.15) is 0 Å². The summed E-state index contributed by atoms with van der Waals surface area (Å²) >= 11 is 0. The average molecular weight is 262 g/mol. The summed E-state index contributed by atoms with van der Waals surface area (Å²) in [6.45, 7) is 0.545. The van der Waals surface area contributed by atoms with Crippen LogP contribution in [0.1, 0.15) is 37.7 Å². The SMILES string of the molecule is NCc1ccccc1NC(=O)COC1CCCCC1. The van der Waals surface area contributed by atoms with Crippen molar-refractivity contribution in [3.05, 3.63) is 29.8 Å². The van der Waals surface area contributed by atoms with Crippen molar-refractivity contribution in [2.24, 2.45) is 5.73 Å². The van der Waals surface area contributed by atoms with Crippen LogP contribution in [0.15, 0.2) is 24.3 Å². The molecule has 104 valence electrons. The summed E-state index contributed by atoms with van der Waals surface area (Å²) in [7, 11) is 0. The second-order valence-corrected chi connectivity index (χ2v) is 4.98. The summed E-state index contributed by atoms with van der Waals surface area (Å²) in [5, 5.41) is 2.86. The number of hydrogen-bond donors (Lipinski definition) is 2. The highest BCUT2D eigenvalue weighted by Gasteiger charge is 2.15. The van der Waals surface area contributed by atoms with Gasteiger partial charge in [0.15, 0.2) is 0 Å². The molecule has 4 heteroatoms. The summed E-state index contributed by atoms with van der Waals surface area (Å²) in [5.41, 5.74) is 7.35. The maximum atomic E-state index is 11.8. The zero-order valence-electron chi connectivity index (χ0n) is 11.2. The Morgan fingerprint density at radius 2 is 2.00 bits per heavy atom. The quantitative estimate of drug-likeness (QED) is 0.856. The van der Waals surface area contributed by atoms with Crippen LogP contribution in [0.5, 0.6) is 0 Å². The molecule has 0 atom stereocenters. The van der Waals surface area contributed by atoms with Gasteiger partial charge < -0.3 is 15.8 Å². The lowest BCUT2D eigenvalue weighted by molar-refractivity contribution is -0.123. The zero-order chi connectivity index (χ0) is 13.5. The lowest BCUT2D eigenvalue weighted by atomic mass is 9.98. The predicted octanol–water partition coefficient (Wildman–Crippen LogP) is 2.43. The number of nitrogens with one attached hydrogen (secondary N) is 1. The van der Waals surface area contributed by atoms with Crippen LogP contribution < -0.4 is 11.1 Å². The van der Waals surface area contributed by atoms with E-state index in [1.807, 2.05) is 24.3 Å². The molecule has 0 radical (unpaired) electrons. The molecule has 1 aromatic rings. The Bertz CT molecular complexity index is 414. The molecule has 0 saturated heterocycles. The van der Waals surface area contributed by atoms with Crippen molar-refractivity contribution in [3.63, 3.8) is 0 Å². The number of para-hydroxylation sites is 1. The highest BCUT2D eigenvalue weighted by Crippen LogP contribution is 2.20.